The molecule has 0 unspecified atom stereocenters. The molecule has 1 amide bonds. The maximum absolute atomic E-state index is 13.4. The number of allylic oxidation sites excluding steroid dienone is 1. The van der Waals surface area contributed by atoms with Crippen molar-refractivity contribution in [2.24, 2.45) is 4.99 Å². The molecule has 3 aromatic rings. The molecular weight excluding hydrogens is 513 g/mol. The van der Waals surface area contributed by atoms with E-state index in [2.05, 4.69) is 14.9 Å². The first-order valence-corrected chi connectivity index (χ1v) is 12.4. The Hall–Kier alpha value is -3.76. The van der Waals surface area contributed by atoms with E-state index in [0.717, 1.165) is 23.2 Å². The number of ether oxygens (including phenoxy) is 1. The van der Waals surface area contributed by atoms with Gasteiger partial charge in [-0.3, -0.25) is 9.79 Å². The van der Waals surface area contributed by atoms with E-state index in [1.165, 1.54) is 16.5 Å². The Labute approximate surface area is 224 Å². The molecule has 0 saturated carbocycles. The van der Waals surface area contributed by atoms with Gasteiger partial charge in [0.15, 0.2) is 5.69 Å². The number of carbonyl (C=O) groups excluding carboxylic acids is 1. The van der Waals surface area contributed by atoms with Gasteiger partial charge in [-0.1, -0.05) is 12.1 Å². The summed E-state index contributed by atoms with van der Waals surface area (Å²) in [5, 5.41) is 10.9. The fraction of sp³-hybridized carbons (Fsp3) is 0.333. The molecular formula is C27H27ClFN5O4. The number of aromatic amines is 1. The predicted molar refractivity (Wildman–Crippen MR) is 136 cm³/mol. The van der Waals surface area contributed by atoms with E-state index in [4.69, 9.17) is 4.74 Å². The zero-order valence-electron chi connectivity index (χ0n) is 20.6. The lowest BCUT2D eigenvalue weighted by molar-refractivity contribution is -0.353. The second kappa shape index (κ2) is 10.5. The van der Waals surface area contributed by atoms with E-state index in [0.29, 0.717) is 69.2 Å². The van der Waals surface area contributed by atoms with Gasteiger partial charge in [0.05, 0.1) is 24.6 Å². The van der Waals surface area contributed by atoms with Crippen molar-refractivity contribution < 1.29 is 36.4 Å². The highest BCUT2D eigenvalue weighted by Crippen LogP contribution is 2.30. The Bertz CT molecular complexity index is 1510. The zero-order chi connectivity index (χ0) is 25.5. The Balaban J connectivity index is 0.00000294. The maximum atomic E-state index is 13.4. The molecule has 198 valence electrons. The van der Waals surface area contributed by atoms with Crippen LogP contribution in [0.15, 0.2) is 58.1 Å². The van der Waals surface area contributed by atoms with Crippen molar-refractivity contribution in [1.29, 1.82) is 0 Å². The number of aromatic nitrogens is 2. The smallest absolute Gasteiger partial charge is 0.385 e. The van der Waals surface area contributed by atoms with Crippen molar-refractivity contribution in [1.82, 2.24) is 4.40 Å². The molecule has 0 aliphatic carbocycles. The van der Waals surface area contributed by atoms with Gasteiger partial charge in [-0.25, -0.2) is 14.2 Å². The van der Waals surface area contributed by atoms with E-state index in [-0.39, 0.29) is 29.8 Å². The van der Waals surface area contributed by atoms with E-state index >= 15 is 0 Å². The molecule has 2 N–H and O–H groups in total. The first-order valence-electron chi connectivity index (χ1n) is 12.4. The van der Waals surface area contributed by atoms with Crippen LogP contribution in [0.25, 0.3) is 5.65 Å². The summed E-state index contributed by atoms with van der Waals surface area (Å²) in [7, 11) is 0. The van der Waals surface area contributed by atoms with E-state index < -0.39 is 11.3 Å². The van der Waals surface area contributed by atoms with Crippen LogP contribution in [0.3, 0.4) is 0 Å². The minimum absolute atomic E-state index is 0. The van der Waals surface area contributed by atoms with Crippen LogP contribution in [-0.4, -0.2) is 54.0 Å². The van der Waals surface area contributed by atoms with E-state index in [9.17, 15) is 19.1 Å². The second-order valence-corrected chi connectivity index (χ2v) is 9.55. The van der Waals surface area contributed by atoms with Crippen molar-refractivity contribution >= 4 is 28.6 Å². The standard InChI is InChI=1S/C27H26FN5O4.ClH/c28-19-5-3-17(4-6-19)12-18-13-21(29-15-18)24-25(35)27(36)33-16-20(31-8-10-37-11-9-31)14-22(26(33)30-24)32-7-1-2-23(32)34;/h3-6,14-16,35H,1-2,7-13H2;1H. The van der Waals surface area contributed by atoms with Crippen molar-refractivity contribution in [3.05, 3.63) is 75.7 Å². The number of fused-ring (bicyclic) bond motifs is 1. The van der Waals surface area contributed by atoms with Crippen molar-refractivity contribution in [3.63, 3.8) is 0 Å². The Morgan fingerprint density at radius 2 is 1.87 bits per heavy atom. The molecule has 6 rings (SSSR count). The summed E-state index contributed by atoms with van der Waals surface area (Å²) in [6.07, 6.45) is 5.62. The monoisotopic (exact) mass is 539 g/mol. The van der Waals surface area contributed by atoms with Gasteiger partial charge in [0.1, 0.15) is 17.7 Å². The predicted octanol–water partition coefficient (Wildman–Crippen LogP) is -0.755. The largest absolute Gasteiger partial charge is 1.00 e. The topological polar surface area (TPSA) is 101 Å². The minimum atomic E-state index is -0.582. The van der Waals surface area contributed by atoms with Crippen molar-refractivity contribution in [2.75, 3.05) is 42.6 Å². The average Bonchev–Trinajstić information content (AvgIpc) is 3.56. The third-order valence-corrected chi connectivity index (χ3v) is 7.10. The van der Waals surface area contributed by atoms with Crippen LogP contribution in [-0.2, 0) is 16.0 Å². The molecule has 9 nitrogen and oxygen atoms in total. The quantitative estimate of drug-likeness (QED) is 0.460. The highest BCUT2D eigenvalue weighted by molar-refractivity contribution is 6.03. The molecule has 38 heavy (non-hydrogen) atoms. The number of nitrogens with one attached hydrogen (secondary N) is 1. The van der Waals surface area contributed by atoms with Crippen LogP contribution in [0.2, 0.25) is 0 Å². The average molecular weight is 540 g/mol. The number of amides is 1. The van der Waals surface area contributed by atoms with Crippen LogP contribution in [0.1, 0.15) is 30.5 Å². The molecule has 0 bridgehead atoms. The lowest BCUT2D eigenvalue weighted by Crippen LogP contribution is -3.00. The van der Waals surface area contributed by atoms with Crippen LogP contribution in [0.5, 0.6) is 5.75 Å². The molecule has 2 saturated heterocycles. The van der Waals surface area contributed by atoms with Crippen LogP contribution < -0.4 is 32.8 Å². The molecule has 2 aromatic heterocycles. The molecule has 3 aliphatic rings. The Morgan fingerprint density at radius 1 is 1.11 bits per heavy atom. The van der Waals surface area contributed by atoms with Gasteiger partial charge in [0.2, 0.25) is 5.91 Å². The summed E-state index contributed by atoms with van der Waals surface area (Å²) in [5.41, 5.74) is 3.93. The number of carbonyl (C=O) groups is 1. The first kappa shape index (κ1) is 25.9. The number of pyridine rings is 1. The number of hydrogen-bond acceptors (Lipinski definition) is 6. The minimum Gasteiger partial charge on any atom is -1.00 e. The van der Waals surface area contributed by atoms with Crippen LogP contribution >= 0.6 is 0 Å². The highest BCUT2D eigenvalue weighted by atomic mass is 35.5. The SMILES string of the molecule is O=C1CCCN1c1cc(N2CCOCC2)cn2c(=O)c(O)c(C3=NC=C(Cc4ccc(F)cc4)C3)[nH+]c12.[Cl-]. The summed E-state index contributed by atoms with van der Waals surface area (Å²) in [5.74, 6) is -0.718. The normalized spacial score (nSPS) is 17.6. The van der Waals surface area contributed by atoms with E-state index in [1.54, 1.807) is 29.4 Å². The van der Waals surface area contributed by atoms with Crippen molar-refractivity contribution in [3.8, 4) is 5.75 Å². The Kier molecular flexibility index (Phi) is 7.18. The third-order valence-electron chi connectivity index (χ3n) is 7.10. The molecule has 1 aromatic carbocycles. The van der Waals surface area contributed by atoms with E-state index in [1.807, 2.05) is 6.07 Å². The molecule has 0 atom stereocenters. The van der Waals surface area contributed by atoms with Crippen LogP contribution in [0, 0.1) is 5.82 Å². The molecule has 11 heteroatoms. The summed E-state index contributed by atoms with van der Waals surface area (Å²) in [6.45, 7) is 3.05. The fourth-order valence-electron chi connectivity index (χ4n) is 5.16. The summed E-state index contributed by atoms with van der Waals surface area (Å²) < 4.78 is 20.1. The number of anilines is 2. The first-order chi connectivity index (χ1) is 18.0. The lowest BCUT2D eigenvalue weighted by Gasteiger charge is -2.29. The zero-order valence-corrected chi connectivity index (χ0v) is 21.4. The number of halogens is 2. The number of morpholine rings is 1. The molecule has 3 aliphatic heterocycles. The maximum Gasteiger partial charge on any atom is 0.385 e. The third kappa shape index (κ3) is 4.77. The van der Waals surface area contributed by atoms with Gasteiger partial charge >= 0.3 is 11.2 Å². The number of hydrogen-bond donors (Lipinski definition) is 1. The highest BCUT2D eigenvalue weighted by Gasteiger charge is 2.32. The second-order valence-electron chi connectivity index (χ2n) is 9.55. The number of nitrogens with zero attached hydrogens (tertiary/aromatic N) is 4. The number of benzene rings is 1. The van der Waals surface area contributed by atoms with Gasteiger partial charge < -0.3 is 32.1 Å². The molecule has 0 radical (unpaired) electrons. The summed E-state index contributed by atoms with van der Waals surface area (Å²) in [4.78, 5) is 37.7. The van der Waals surface area contributed by atoms with Gasteiger partial charge in [-0.05, 0) is 42.2 Å². The number of H-pyrrole nitrogens is 1. The Morgan fingerprint density at radius 3 is 2.58 bits per heavy atom. The molecule has 0 spiro atoms. The molecule has 5 heterocycles. The number of aromatic hydroxyl groups is 1. The van der Waals surface area contributed by atoms with Gasteiger partial charge in [-0.2, -0.15) is 4.40 Å². The van der Waals surface area contributed by atoms with Crippen LogP contribution in [0.4, 0.5) is 15.8 Å². The summed E-state index contributed by atoms with van der Waals surface area (Å²) >= 11 is 0. The van der Waals surface area contributed by atoms with Gasteiger partial charge in [0, 0.05) is 38.7 Å². The lowest BCUT2D eigenvalue weighted by atomic mass is 10.0. The molecule has 2 fully saturated rings. The van der Waals surface area contributed by atoms with Gasteiger partial charge in [-0.15, -0.1) is 0 Å². The fourth-order valence-corrected chi connectivity index (χ4v) is 5.16. The summed E-state index contributed by atoms with van der Waals surface area (Å²) in [6, 6.07) is 8.22. The number of aliphatic imine (C=N–C) groups is 1. The number of rotatable bonds is 5. The van der Waals surface area contributed by atoms with Crippen molar-refractivity contribution in [2.45, 2.75) is 25.7 Å². The van der Waals surface area contributed by atoms with Gasteiger partial charge in [0.25, 0.3) is 5.75 Å².